The molecule has 1 atom stereocenters. The Kier molecular flexibility index (Phi) is 7.52. The number of nitrogens with zero attached hydrogens (tertiary/aromatic N) is 2. The van der Waals surface area contributed by atoms with Crippen molar-refractivity contribution in [2.75, 3.05) is 13.2 Å². The highest BCUT2D eigenvalue weighted by Gasteiger charge is 2.33. The van der Waals surface area contributed by atoms with Gasteiger partial charge in [0.25, 0.3) is 5.56 Å². The largest absolute Gasteiger partial charge is 0.494 e. The molecule has 40 heavy (non-hydrogen) atoms. The average molecular weight is 559 g/mol. The molecule has 0 fully saturated rings. The van der Waals surface area contributed by atoms with E-state index in [1.165, 1.54) is 28.0 Å². The minimum absolute atomic E-state index is 0.177. The van der Waals surface area contributed by atoms with Crippen LogP contribution in [0.5, 0.6) is 5.75 Å². The number of hydrogen-bond acceptors (Lipinski definition) is 8. The molecule has 1 N–H and O–H groups in total. The Balaban J connectivity index is 1.58. The molecule has 0 aliphatic carbocycles. The Bertz CT molecular complexity index is 1790. The fraction of sp³-hybridized carbons (Fsp3) is 0.200. The van der Waals surface area contributed by atoms with E-state index in [4.69, 9.17) is 19.0 Å². The normalized spacial score (nSPS) is 15.0. The van der Waals surface area contributed by atoms with Crippen LogP contribution in [0.25, 0.3) is 17.4 Å². The Hall–Kier alpha value is -4.70. The summed E-state index contributed by atoms with van der Waals surface area (Å²) in [7, 11) is 0. The number of esters is 1. The van der Waals surface area contributed by atoms with Crippen molar-refractivity contribution in [1.82, 2.24) is 4.57 Å². The van der Waals surface area contributed by atoms with Gasteiger partial charge in [0, 0.05) is 11.6 Å². The summed E-state index contributed by atoms with van der Waals surface area (Å²) in [5.74, 6) is 0.127. The van der Waals surface area contributed by atoms with E-state index in [1.54, 1.807) is 56.3 Å². The van der Waals surface area contributed by atoms with Crippen molar-refractivity contribution in [3.63, 3.8) is 0 Å². The number of furan rings is 1. The average Bonchev–Trinajstić information content (AvgIpc) is 3.53. The number of fused-ring (bicyclic) bond motifs is 1. The van der Waals surface area contributed by atoms with E-state index in [0.717, 1.165) is 5.56 Å². The Labute approximate surface area is 232 Å². The zero-order valence-corrected chi connectivity index (χ0v) is 22.9. The molecule has 2 aromatic heterocycles. The van der Waals surface area contributed by atoms with Gasteiger partial charge in [-0.3, -0.25) is 9.36 Å². The molecule has 1 unspecified atom stereocenters. The summed E-state index contributed by atoms with van der Waals surface area (Å²) >= 11 is 1.20. The second-order valence-corrected chi connectivity index (χ2v) is 9.90. The van der Waals surface area contributed by atoms with Crippen LogP contribution in [0.4, 0.5) is 0 Å². The van der Waals surface area contributed by atoms with Crippen molar-refractivity contribution in [3.05, 3.63) is 109 Å². The number of carboxylic acids is 1. The van der Waals surface area contributed by atoms with E-state index in [0.29, 0.717) is 50.0 Å². The van der Waals surface area contributed by atoms with E-state index >= 15 is 0 Å². The number of benzene rings is 2. The number of hydrogen-bond donors (Lipinski definition) is 1. The Morgan fingerprint density at radius 2 is 1.77 bits per heavy atom. The Morgan fingerprint density at radius 3 is 2.42 bits per heavy atom. The fourth-order valence-corrected chi connectivity index (χ4v) is 5.54. The molecule has 0 amide bonds. The number of allylic oxidation sites excluding steroid dienone is 1. The van der Waals surface area contributed by atoms with E-state index in [-0.39, 0.29) is 17.7 Å². The quantitative estimate of drug-likeness (QED) is 0.323. The first-order valence-electron chi connectivity index (χ1n) is 12.7. The molecule has 2 aromatic carbocycles. The minimum atomic E-state index is -1.01. The lowest BCUT2D eigenvalue weighted by molar-refractivity contribution is -0.139. The highest BCUT2D eigenvalue weighted by molar-refractivity contribution is 7.07. The molecular weight excluding hydrogens is 532 g/mol. The van der Waals surface area contributed by atoms with Gasteiger partial charge in [0.15, 0.2) is 4.80 Å². The number of ether oxygens (including phenoxy) is 2. The Morgan fingerprint density at radius 1 is 1.05 bits per heavy atom. The van der Waals surface area contributed by atoms with Gasteiger partial charge in [-0.1, -0.05) is 35.6 Å². The molecule has 1 aliphatic rings. The molecule has 0 saturated carbocycles. The van der Waals surface area contributed by atoms with Crippen molar-refractivity contribution in [2.24, 2.45) is 4.99 Å². The van der Waals surface area contributed by atoms with Crippen molar-refractivity contribution in [2.45, 2.75) is 26.8 Å². The van der Waals surface area contributed by atoms with Crippen LogP contribution in [-0.4, -0.2) is 34.8 Å². The lowest BCUT2D eigenvalue weighted by atomic mass is 9.96. The summed E-state index contributed by atoms with van der Waals surface area (Å²) < 4.78 is 18.8. The maximum atomic E-state index is 13.8. The van der Waals surface area contributed by atoms with E-state index in [2.05, 4.69) is 4.99 Å². The van der Waals surface area contributed by atoms with Gasteiger partial charge >= 0.3 is 11.9 Å². The molecule has 0 spiro atoms. The number of thiazole rings is 1. The molecule has 4 aromatic rings. The van der Waals surface area contributed by atoms with Crippen molar-refractivity contribution in [1.29, 1.82) is 0 Å². The lowest BCUT2D eigenvalue weighted by Crippen LogP contribution is -2.39. The van der Waals surface area contributed by atoms with Crippen molar-refractivity contribution >= 4 is 29.4 Å². The van der Waals surface area contributed by atoms with Gasteiger partial charge in [0.05, 0.1) is 40.6 Å². The van der Waals surface area contributed by atoms with Gasteiger partial charge in [-0.25, -0.2) is 14.6 Å². The van der Waals surface area contributed by atoms with Gasteiger partial charge in [0.2, 0.25) is 0 Å². The highest BCUT2D eigenvalue weighted by atomic mass is 32.1. The van der Waals surface area contributed by atoms with E-state index < -0.39 is 18.0 Å². The maximum absolute atomic E-state index is 13.8. The number of aromatic nitrogens is 1. The molecule has 10 heteroatoms. The van der Waals surface area contributed by atoms with E-state index in [9.17, 15) is 14.4 Å². The molecule has 0 radical (unpaired) electrons. The smallest absolute Gasteiger partial charge is 0.338 e. The second kappa shape index (κ2) is 11.2. The number of carbonyl (C=O) groups excluding carboxylic acids is 1. The third kappa shape index (κ3) is 5.13. The van der Waals surface area contributed by atoms with Crippen molar-refractivity contribution in [3.8, 4) is 17.1 Å². The van der Waals surface area contributed by atoms with Gasteiger partial charge in [-0.15, -0.1) is 0 Å². The first-order chi connectivity index (χ1) is 19.3. The minimum Gasteiger partial charge on any atom is -0.494 e. The predicted octanol–water partition coefficient (Wildman–Crippen LogP) is 4.16. The second-order valence-electron chi connectivity index (χ2n) is 8.89. The molecule has 0 saturated heterocycles. The standard InChI is InChI=1S/C30H26N2O7S/c1-4-37-21-12-10-19(11-13-21)26-25(29(36)38-5-2)17(3)31-30-32(26)27(33)24(40-30)16-22-14-15-23(39-22)18-6-8-20(9-7-18)28(34)35/h6-16,26H,4-5H2,1-3H3,(H,34,35). The lowest BCUT2D eigenvalue weighted by Gasteiger charge is -2.24. The first-order valence-corrected chi connectivity index (χ1v) is 13.5. The maximum Gasteiger partial charge on any atom is 0.338 e. The highest BCUT2D eigenvalue weighted by Crippen LogP contribution is 2.31. The van der Waals surface area contributed by atoms with Crippen LogP contribution in [0.15, 0.2) is 86.1 Å². The van der Waals surface area contributed by atoms with Crippen LogP contribution in [0, 0.1) is 0 Å². The van der Waals surface area contributed by atoms with Crippen molar-refractivity contribution < 1.29 is 28.6 Å². The van der Waals surface area contributed by atoms with Crippen LogP contribution in [0.3, 0.4) is 0 Å². The number of rotatable bonds is 8. The first kappa shape index (κ1) is 26.9. The topological polar surface area (TPSA) is 120 Å². The summed E-state index contributed by atoms with van der Waals surface area (Å²) in [5, 5.41) is 9.12. The molecular formula is C30H26N2O7S. The molecule has 9 nitrogen and oxygen atoms in total. The van der Waals surface area contributed by atoms with Crippen LogP contribution in [0.1, 0.15) is 48.5 Å². The third-order valence-corrected chi connectivity index (χ3v) is 7.32. The molecule has 0 bridgehead atoms. The molecule has 3 heterocycles. The molecule has 5 rings (SSSR count). The van der Waals surface area contributed by atoms with Crippen LogP contribution in [-0.2, 0) is 9.53 Å². The predicted molar refractivity (Wildman–Crippen MR) is 149 cm³/mol. The fourth-order valence-electron chi connectivity index (χ4n) is 4.51. The monoisotopic (exact) mass is 558 g/mol. The summed E-state index contributed by atoms with van der Waals surface area (Å²) in [6, 6.07) is 16.4. The SMILES string of the molecule is CCOC(=O)C1=C(C)N=c2sc(=Cc3ccc(-c4ccc(C(=O)O)cc4)o3)c(=O)n2C1c1ccc(OCC)cc1. The molecule has 1 aliphatic heterocycles. The van der Waals surface area contributed by atoms with E-state index in [1.807, 2.05) is 19.1 Å². The summed E-state index contributed by atoms with van der Waals surface area (Å²) in [4.78, 5) is 43.0. The van der Waals surface area contributed by atoms with Gasteiger partial charge in [0.1, 0.15) is 17.3 Å². The summed E-state index contributed by atoms with van der Waals surface area (Å²) in [6.45, 7) is 6.07. The van der Waals surface area contributed by atoms with Gasteiger partial charge < -0.3 is 19.0 Å². The number of aromatic carboxylic acids is 1. The molecule has 204 valence electrons. The van der Waals surface area contributed by atoms with Gasteiger partial charge in [-0.2, -0.15) is 0 Å². The number of carbonyl (C=O) groups is 2. The van der Waals surface area contributed by atoms with Crippen LogP contribution in [0.2, 0.25) is 0 Å². The van der Waals surface area contributed by atoms with Gasteiger partial charge in [-0.05, 0) is 62.7 Å². The number of carboxylic acid groups (broad SMARTS) is 1. The summed E-state index contributed by atoms with van der Waals surface area (Å²) in [5.41, 5.74) is 2.07. The van der Waals surface area contributed by atoms with Crippen LogP contribution >= 0.6 is 11.3 Å². The zero-order valence-electron chi connectivity index (χ0n) is 22.0. The third-order valence-electron chi connectivity index (χ3n) is 6.34. The summed E-state index contributed by atoms with van der Waals surface area (Å²) in [6.07, 6.45) is 1.64. The van der Waals surface area contributed by atoms with Crippen LogP contribution < -0.4 is 19.6 Å². The zero-order chi connectivity index (χ0) is 28.4.